The van der Waals surface area contributed by atoms with E-state index in [4.69, 9.17) is 4.74 Å². The highest BCUT2D eigenvalue weighted by Gasteiger charge is 2.31. The highest BCUT2D eigenvalue weighted by molar-refractivity contribution is 7.09. The van der Waals surface area contributed by atoms with Crippen molar-refractivity contribution in [3.05, 3.63) is 75.7 Å². The summed E-state index contributed by atoms with van der Waals surface area (Å²) in [5, 5.41) is 2.86. The molecule has 1 aliphatic heterocycles. The molecule has 1 fully saturated rings. The minimum absolute atomic E-state index is 0.101. The van der Waals surface area contributed by atoms with E-state index in [9.17, 15) is 18.0 Å². The molecule has 1 aliphatic rings. The van der Waals surface area contributed by atoms with Crippen LogP contribution in [0.2, 0.25) is 0 Å². The number of piperazine rings is 1. The lowest BCUT2D eigenvalue weighted by Crippen LogP contribution is -2.48. The van der Waals surface area contributed by atoms with E-state index in [0.29, 0.717) is 49.8 Å². The van der Waals surface area contributed by atoms with E-state index in [0.717, 1.165) is 22.8 Å². The van der Waals surface area contributed by atoms with E-state index >= 15 is 0 Å². The Morgan fingerprint density at radius 2 is 1.81 bits per heavy atom. The third kappa shape index (κ3) is 5.21. The normalized spacial score (nSPS) is 14.5. The van der Waals surface area contributed by atoms with Crippen LogP contribution in [0.25, 0.3) is 0 Å². The van der Waals surface area contributed by atoms with Crippen LogP contribution < -0.4 is 9.64 Å². The number of benzene rings is 2. The molecule has 4 rings (SSSR count). The second-order valence-corrected chi connectivity index (χ2v) is 8.47. The number of aromatic nitrogens is 1. The number of rotatable bonds is 5. The van der Waals surface area contributed by atoms with Crippen LogP contribution >= 0.6 is 11.3 Å². The van der Waals surface area contributed by atoms with Crippen LogP contribution in [0, 0.1) is 6.92 Å². The number of halogens is 3. The lowest BCUT2D eigenvalue weighted by atomic mass is 10.1. The van der Waals surface area contributed by atoms with Crippen molar-refractivity contribution in [3.8, 4) is 5.75 Å². The van der Waals surface area contributed by atoms with Gasteiger partial charge in [0, 0.05) is 48.5 Å². The molecule has 0 aliphatic carbocycles. The summed E-state index contributed by atoms with van der Waals surface area (Å²) in [7, 11) is 0. The molecule has 1 aromatic heterocycles. The van der Waals surface area contributed by atoms with E-state index in [2.05, 4.69) is 4.98 Å². The number of alkyl halides is 3. The fourth-order valence-corrected chi connectivity index (χ4v) is 4.22. The summed E-state index contributed by atoms with van der Waals surface area (Å²) in [4.78, 5) is 20.8. The van der Waals surface area contributed by atoms with Crippen LogP contribution in [0.5, 0.6) is 5.75 Å². The average molecular weight is 462 g/mol. The minimum Gasteiger partial charge on any atom is -0.486 e. The molecule has 1 saturated heterocycles. The largest absolute Gasteiger partial charge is 0.486 e. The lowest BCUT2D eigenvalue weighted by molar-refractivity contribution is -0.137. The Kier molecular flexibility index (Phi) is 6.36. The molecule has 0 unspecified atom stereocenters. The van der Waals surface area contributed by atoms with Crippen LogP contribution in [-0.4, -0.2) is 42.0 Å². The van der Waals surface area contributed by atoms with Crippen molar-refractivity contribution < 1.29 is 22.7 Å². The molecule has 1 amide bonds. The number of carbonyl (C=O) groups is 1. The molecular formula is C23H22F3N3O2S. The molecule has 32 heavy (non-hydrogen) atoms. The number of ether oxygens (including phenoxy) is 1. The fraction of sp³-hybridized carbons (Fsp3) is 0.304. The van der Waals surface area contributed by atoms with Crippen molar-refractivity contribution in [2.24, 2.45) is 0 Å². The van der Waals surface area contributed by atoms with Gasteiger partial charge in [0.2, 0.25) is 0 Å². The molecule has 0 bridgehead atoms. The summed E-state index contributed by atoms with van der Waals surface area (Å²) in [6.45, 7) is 4.14. The SMILES string of the molecule is Cc1csc(COc2ccc(C(=O)N3CCN(c4cccc(C(F)(F)F)c4)CC3)cc2)n1. The van der Waals surface area contributed by atoms with Crippen LogP contribution in [0.1, 0.15) is 26.6 Å². The predicted molar refractivity (Wildman–Crippen MR) is 117 cm³/mol. The molecule has 0 spiro atoms. The van der Waals surface area contributed by atoms with E-state index in [1.54, 1.807) is 35.2 Å². The third-order valence-electron chi connectivity index (χ3n) is 5.24. The van der Waals surface area contributed by atoms with Crippen molar-refractivity contribution in [1.29, 1.82) is 0 Å². The predicted octanol–water partition coefficient (Wildman–Crippen LogP) is 5.01. The van der Waals surface area contributed by atoms with Gasteiger partial charge < -0.3 is 14.5 Å². The maximum atomic E-state index is 13.0. The molecule has 9 heteroatoms. The Morgan fingerprint density at radius 1 is 1.09 bits per heavy atom. The summed E-state index contributed by atoms with van der Waals surface area (Å²) >= 11 is 1.54. The Morgan fingerprint density at radius 3 is 2.44 bits per heavy atom. The molecule has 3 aromatic rings. The Hall–Kier alpha value is -3.07. The molecule has 5 nitrogen and oxygen atoms in total. The molecule has 2 heterocycles. The zero-order valence-electron chi connectivity index (χ0n) is 17.4. The molecule has 0 atom stereocenters. The second-order valence-electron chi connectivity index (χ2n) is 7.52. The van der Waals surface area contributed by atoms with Gasteiger partial charge in [-0.05, 0) is 49.4 Å². The van der Waals surface area contributed by atoms with Gasteiger partial charge in [0.25, 0.3) is 5.91 Å². The van der Waals surface area contributed by atoms with Gasteiger partial charge in [-0.3, -0.25) is 4.79 Å². The van der Waals surface area contributed by atoms with Gasteiger partial charge in [-0.2, -0.15) is 13.2 Å². The molecule has 0 saturated carbocycles. The molecule has 0 radical (unpaired) electrons. The van der Waals surface area contributed by atoms with E-state index < -0.39 is 11.7 Å². The lowest BCUT2D eigenvalue weighted by Gasteiger charge is -2.36. The summed E-state index contributed by atoms with van der Waals surface area (Å²) in [6.07, 6.45) is -4.37. The first-order valence-corrected chi connectivity index (χ1v) is 11.0. The fourth-order valence-electron chi connectivity index (χ4n) is 3.54. The first kappa shape index (κ1) is 22.1. The van der Waals surface area contributed by atoms with Crippen molar-refractivity contribution in [2.75, 3.05) is 31.1 Å². The number of carbonyl (C=O) groups excluding carboxylic acids is 1. The Balaban J connectivity index is 1.32. The van der Waals surface area contributed by atoms with Crippen LogP contribution in [0.4, 0.5) is 18.9 Å². The quantitative estimate of drug-likeness (QED) is 0.536. The number of hydrogen-bond acceptors (Lipinski definition) is 5. The number of aryl methyl sites for hydroxylation is 1. The smallest absolute Gasteiger partial charge is 0.416 e. The number of nitrogens with zero attached hydrogens (tertiary/aromatic N) is 3. The maximum absolute atomic E-state index is 13.0. The van der Waals surface area contributed by atoms with E-state index in [1.165, 1.54) is 17.4 Å². The van der Waals surface area contributed by atoms with Gasteiger partial charge in [0.15, 0.2) is 0 Å². The number of anilines is 1. The number of amides is 1. The van der Waals surface area contributed by atoms with Crippen LogP contribution in [-0.2, 0) is 12.8 Å². The minimum atomic E-state index is -4.37. The summed E-state index contributed by atoms with van der Waals surface area (Å²) in [6, 6.07) is 12.3. The molecule has 0 N–H and O–H groups in total. The van der Waals surface area contributed by atoms with Crippen molar-refractivity contribution >= 4 is 22.9 Å². The van der Waals surface area contributed by atoms with Gasteiger partial charge in [-0.1, -0.05) is 6.07 Å². The highest BCUT2D eigenvalue weighted by Crippen LogP contribution is 2.32. The Labute approximate surface area is 188 Å². The summed E-state index contributed by atoms with van der Waals surface area (Å²) < 4.78 is 44.6. The molecule has 2 aromatic carbocycles. The Bertz CT molecular complexity index is 1070. The van der Waals surface area contributed by atoms with Crippen LogP contribution in [0.3, 0.4) is 0 Å². The first-order valence-electron chi connectivity index (χ1n) is 10.1. The van der Waals surface area contributed by atoms with Gasteiger partial charge in [-0.25, -0.2) is 4.98 Å². The highest BCUT2D eigenvalue weighted by atomic mass is 32.1. The monoisotopic (exact) mass is 461 g/mol. The standard InChI is InChI=1S/C23H22F3N3O2S/c1-16-15-32-21(27-16)14-31-20-7-5-17(6-8-20)22(30)29-11-9-28(10-12-29)19-4-2-3-18(13-19)23(24,25)26/h2-8,13,15H,9-12,14H2,1H3. The molecule has 168 valence electrons. The van der Waals surface area contributed by atoms with Gasteiger partial charge in [0.1, 0.15) is 17.4 Å². The van der Waals surface area contributed by atoms with E-state index in [1.807, 2.05) is 17.2 Å². The zero-order chi connectivity index (χ0) is 22.7. The second kappa shape index (κ2) is 9.20. The third-order valence-corrected chi connectivity index (χ3v) is 6.18. The van der Waals surface area contributed by atoms with Crippen LogP contribution in [0.15, 0.2) is 53.9 Å². The van der Waals surface area contributed by atoms with Gasteiger partial charge in [0.05, 0.1) is 5.56 Å². The first-order chi connectivity index (χ1) is 15.3. The summed E-state index contributed by atoms with van der Waals surface area (Å²) in [5.74, 6) is 0.555. The zero-order valence-corrected chi connectivity index (χ0v) is 18.2. The van der Waals surface area contributed by atoms with Gasteiger partial charge in [-0.15, -0.1) is 11.3 Å². The topological polar surface area (TPSA) is 45.7 Å². The van der Waals surface area contributed by atoms with Gasteiger partial charge >= 0.3 is 6.18 Å². The maximum Gasteiger partial charge on any atom is 0.416 e. The molecular weight excluding hydrogens is 439 g/mol. The average Bonchev–Trinajstić information content (AvgIpc) is 3.22. The van der Waals surface area contributed by atoms with Crippen molar-refractivity contribution in [1.82, 2.24) is 9.88 Å². The van der Waals surface area contributed by atoms with Crippen molar-refractivity contribution in [3.63, 3.8) is 0 Å². The van der Waals surface area contributed by atoms with Crippen molar-refractivity contribution in [2.45, 2.75) is 19.7 Å². The van der Waals surface area contributed by atoms with E-state index in [-0.39, 0.29) is 5.91 Å². The number of thiazole rings is 1. The number of hydrogen-bond donors (Lipinski definition) is 0. The summed E-state index contributed by atoms with van der Waals surface area (Å²) in [5.41, 5.74) is 1.36.